The van der Waals surface area contributed by atoms with E-state index in [0.717, 1.165) is 16.0 Å². The van der Waals surface area contributed by atoms with Gasteiger partial charge in [-0.25, -0.2) is 0 Å². The fourth-order valence-corrected chi connectivity index (χ4v) is 3.36. The lowest BCUT2D eigenvalue weighted by atomic mass is 10.1. The maximum atomic E-state index is 12.6. The normalized spacial score (nSPS) is 10.5. The number of carbonyl (C=O) groups excluding carboxylic acids is 1. The van der Waals surface area contributed by atoms with Crippen molar-refractivity contribution in [1.82, 2.24) is 4.90 Å². The molecule has 0 radical (unpaired) electrons. The van der Waals surface area contributed by atoms with Crippen LogP contribution in [0.15, 0.2) is 60.0 Å². The summed E-state index contributed by atoms with van der Waals surface area (Å²) in [5.41, 5.74) is 2.37. The molecule has 3 aromatic rings. The van der Waals surface area contributed by atoms with Crippen molar-refractivity contribution >= 4 is 17.2 Å². The second-order valence-electron chi connectivity index (χ2n) is 5.58. The fourth-order valence-electron chi connectivity index (χ4n) is 2.48. The van der Waals surface area contributed by atoms with E-state index in [4.69, 9.17) is 0 Å². The van der Waals surface area contributed by atoms with Crippen molar-refractivity contribution in [3.63, 3.8) is 0 Å². The monoisotopic (exact) mass is 339 g/mol. The minimum absolute atomic E-state index is 0.0824. The van der Waals surface area contributed by atoms with Gasteiger partial charge in [0.1, 0.15) is 11.5 Å². The van der Waals surface area contributed by atoms with Gasteiger partial charge in [-0.15, -0.1) is 11.3 Å². The Kier molecular flexibility index (Phi) is 4.53. The predicted molar refractivity (Wildman–Crippen MR) is 95.3 cm³/mol. The average Bonchev–Trinajstić information content (AvgIpc) is 3.04. The number of amides is 1. The number of phenols is 2. The first kappa shape index (κ1) is 16.1. The van der Waals surface area contributed by atoms with Crippen LogP contribution in [0.4, 0.5) is 0 Å². The Balaban J connectivity index is 1.75. The summed E-state index contributed by atoms with van der Waals surface area (Å²) in [7, 11) is 1.73. The molecule has 0 unspecified atom stereocenters. The minimum atomic E-state index is -0.0824. The lowest BCUT2D eigenvalue weighted by Gasteiger charge is -2.16. The Morgan fingerprint density at radius 2 is 1.75 bits per heavy atom. The maximum absolute atomic E-state index is 12.6. The molecular weight excluding hydrogens is 322 g/mol. The quantitative estimate of drug-likeness (QED) is 0.752. The molecule has 0 bridgehead atoms. The van der Waals surface area contributed by atoms with E-state index in [1.165, 1.54) is 11.3 Å². The van der Waals surface area contributed by atoms with Crippen LogP contribution in [-0.2, 0) is 6.54 Å². The first-order valence-corrected chi connectivity index (χ1v) is 8.32. The number of carbonyl (C=O) groups is 1. The summed E-state index contributed by atoms with van der Waals surface area (Å²) in [4.78, 5) is 15.1. The van der Waals surface area contributed by atoms with Crippen molar-refractivity contribution in [1.29, 1.82) is 0 Å². The molecule has 1 aromatic heterocycles. The number of benzene rings is 2. The summed E-state index contributed by atoms with van der Waals surface area (Å²) < 4.78 is 0. The van der Waals surface area contributed by atoms with Gasteiger partial charge < -0.3 is 15.1 Å². The van der Waals surface area contributed by atoms with Gasteiger partial charge in [0.2, 0.25) is 0 Å². The van der Waals surface area contributed by atoms with E-state index in [-0.39, 0.29) is 17.4 Å². The molecule has 2 N–H and O–H groups in total. The Bertz CT molecular complexity index is 872. The highest BCUT2D eigenvalue weighted by Crippen LogP contribution is 2.30. The van der Waals surface area contributed by atoms with Crippen molar-refractivity contribution in [2.45, 2.75) is 6.54 Å². The van der Waals surface area contributed by atoms with Crippen molar-refractivity contribution in [2.75, 3.05) is 7.05 Å². The number of phenolic OH excluding ortho intramolecular Hbond substituents is 2. The van der Waals surface area contributed by atoms with E-state index in [2.05, 4.69) is 0 Å². The van der Waals surface area contributed by atoms with Gasteiger partial charge in [-0.1, -0.05) is 24.3 Å². The molecule has 0 spiro atoms. The van der Waals surface area contributed by atoms with Gasteiger partial charge in [-0.2, -0.15) is 0 Å². The summed E-state index contributed by atoms with van der Waals surface area (Å²) in [6.45, 7) is 0.421. The van der Waals surface area contributed by atoms with Crippen LogP contribution in [0.3, 0.4) is 0 Å². The van der Waals surface area contributed by atoms with Crippen LogP contribution in [0.2, 0.25) is 0 Å². The summed E-state index contributed by atoms with van der Waals surface area (Å²) >= 11 is 1.47. The zero-order valence-corrected chi connectivity index (χ0v) is 14.0. The van der Waals surface area contributed by atoms with E-state index in [1.807, 2.05) is 23.6 Å². The second-order valence-corrected chi connectivity index (χ2v) is 6.49. The third-order valence-corrected chi connectivity index (χ3v) is 4.63. The van der Waals surface area contributed by atoms with Crippen molar-refractivity contribution in [3.8, 4) is 21.9 Å². The van der Waals surface area contributed by atoms with Crippen molar-refractivity contribution in [3.05, 3.63) is 71.1 Å². The van der Waals surface area contributed by atoms with Crippen LogP contribution >= 0.6 is 11.3 Å². The van der Waals surface area contributed by atoms with Crippen LogP contribution in [0, 0.1) is 0 Å². The molecule has 0 aliphatic rings. The van der Waals surface area contributed by atoms with Gasteiger partial charge >= 0.3 is 0 Å². The molecule has 1 heterocycles. The third kappa shape index (κ3) is 3.58. The highest BCUT2D eigenvalue weighted by Gasteiger charge is 2.15. The molecule has 1 amide bonds. The lowest BCUT2D eigenvalue weighted by Crippen LogP contribution is -2.25. The zero-order valence-electron chi connectivity index (χ0n) is 13.1. The highest BCUT2D eigenvalue weighted by atomic mass is 32.1. The molecule has 4 nitrogen and oxygen atoms in total. The lowest BCUT2D eigenvalue weighted by molar-refractivity contribution is 0.0785. The van der Waals surface area contributed by atoms with Crippen LogP contribution in [0.1, 0.15) is 15.9 Å². The van der Waals surface area contributed by atoms with E-state index in [1.54, 1.807) is 48.3 Å². The summed E-state index contributed by atoms with van der Waals surface area (Å²) in [5.74, 6) is 0.311. The van der Waals surface area contributed by atoms with E-state index in [9.17, 15) is 15.0 Å². The van der Waals surface area contributed by atoms with Gasteiger partial charge in [-0.3, -0.25) is 4.79 Å². The Morgan fingerprint density at radius 1 is 1.04 bits per heavy atom. The summed E-state index contributed by atoms with van der Waals surface area (Å²) in [5, 5.41) is 20.9. The standard InChI is InChI=1S/C19H17NO3S/c1-20(11-13-4-2-6-16(21)8-13)19(23)15-10-18(24-12-15)14-5-3-7-17(22)9-14/h2-10,12,21-22H,11H2,1H3. The van der Waals surface area contributed by atoms with Gasteiger partial charge in [-0.05, 0) is 41.5 Å². The Labute approximate surface area is 144 Å². The number of hydrogen-bond donors (Lipinski definition) is 2. The van der Waals surface area contributed by atoms with E-state index in [0.29, 0.717) is 12.1 Å². The molecule has 5 heteroatoms. The first-order chi connectivity index (χ1) is 11.5. The molecule has 0 atom stereocenters. The van der Waals surface area contributed by atoms with E-state index < -0.39 is 0 Å². The Hall–Kier alpha value is -2.79. The smallest absolute Gasteiger partial charge is 0.254 e. The minimum Gasteiger partial charge on any atom is -0.508 e. The first-order valence-electron chi connectivity index (χ1n) is 7.44. The average molecular weight is 339 g/mol. The maximum Gasteiger partial charge on any atom is 0.254 e. The number of aromatic hydroxyl groups is 2. The fraction of sp³-hybridized carbons (Fsp3) is 0.105. The molecule has 0 aliphatic heterocycles. The van der Waals surface area contributed by atoms with Gasteiger partial charge in [0.05, 0.1) is 5.56 Å². The van der Waals surface area contributed by atoms with Gasteiger partial charge in [0.25, 0.3) is 5.91 Å². The van der Waals surface area contributed by atoms with E-state index >= 15 is 0 Å². The van der Waals surface area contributed by atoms with Gasteiger partial charge in [0, 0.05) is 23.8 Å². The molecular formula is C19H17NO3S. The number of rotatable bonds is 4. The van der Waals surface area contributed by atoms with Crippen LogP contribution in [-0.4, -0.2) is 28.1 Å². The summed E-state index contributed by atoms with van der Waals surface area (Å²) in [6.07, 6.45) is 0. The Morgan fingerprint density at radius 3 is 2.46 bits per heavy atom. The number of hydrogen-bond acceptors (Lipinski definition) is 4. The van der Waals surface area contributed by atoms with Crippen molar-refractivity contribution in [2.24, 2.45) is 0 Å². The molecule has 0 saturated carbocycles. The summed E-state index contributed by atoms with van der Waals surface area (Å²) in [6, 6.07) is 15.7. The second kappa shape index (κ2) is 6.76. The topological polar surface area (TPSA) is 60.8 Å². The molecule has 0 fully saturated rings. The molecule has 0 saturated heterocycles. The largest absolute Gasteiger partial charge is 0.508 e. The molecule has 24 heavy (non-hydrogen) atoms. The molecule has 122 valence electrons. The number of thiophene rings is 1. The molecule has 2 aromatic carbocycles. The predicted octanol–water partition coefficient (Wildman–Crippen LogP) is 4.10. The molecule has 0 aliphatic carbocycles. The van der Waals surface area contributed by atoms with Crippen LogP contribution in [0.5, 0.6) is 11.5 Å². The van der Waals surface area contributed by atoms with Crippen molar-refractivity contribution < 1.29 is 15.0 Å². The van der Waals surface area contributed by atoms with Crippen LogP contribution < -0.4 is 0 Å². The third-order valence-electron chi connectivity index (χ3n) is 3.65. The number of nitrogens with zero attached hydrogens (tertiary/aromatic N) is 1. The van der Waals surface area contributed by atoms with Crippen LogP contribution in [0.25, 0.3) is 10.4 Å². The SMILES string of the molecule is CN(Cc1cccc(O)c1)C(=O)c1csc(-c2cccc(O)c2)c1. The highest BCUT2D eigenvalue weighted by molar-refractivity contribution is 7.13. The zero-order chi connectivity index (χ0) is 17.1. The van der Waals surface area contributed by atoms with Gasteiger partial charge in [0.15, 0.2) is 0 Å². The molecule has 3 rings (SSSR count).